The molecule has 3 rings (SSSR count). The van der Waals surface area contributed by atoms with Gasteiger partial charge in [0.1, 0.15) is 0 Å². The average Bonchev–Trinajstić information content (AvgIpc) is 3.13. The highest BCUT2D eigenvalue weighted by Gasteiger charge is 2.52. The lowest BCUT2D eigenvalue weighted by Crippen LogP contribution is -2.50. The average molecular weight is 342 g/mol. The lowest BCUT2D eigenvalue weighted by atomic mass is 9.73. The molecule has 2 saturated heterocycles. The third-order valence-electron chi connectivity index (χ3n) is 5.02. The van der Waals surface area contributed by atoms with Crippen LogP contribution in [0.5, 0.6) is 0 Å². The fraction of sp³-hybridized carbons (Fsp3) is 0.667. The van der Waals surface area contributed by atoms with Gasteiger partial charge in [0.2, 0.25) is 10.0 Å². The van der Waals surface area contributed by atoms with Crippen molar-refractivity contribution >= 4 is 15.9 Å². The van der Waals surface area contributed by atoms with E-state index in [0.717, 1.165) is 6.42 Å². The molecule has 2 aliphatic heterocycles. The molecule has 3 heterocycles. The smallest absolute Gasteiger partial charge is 0.289 e. The molecule has 1 aromatic heterocycles. The molecule has 0 bridgehead atoms. The van der Waals surface area contributed by atoms with Gasteiger partial charge in [-0.25, -0.2) is 12.7 Å². The first-order valence-corrected chi connectivity index (χ1v) is 9.47. The van der Waals surface area contributed by atoms with E-state index in [9.17, 15) is 13.2 Å². The fourth-order valence-corrected chi connectivity index (χ4v) is 4.69. The van der Waals surface area contributed by atoms with E-state index in [1.165, 1.54) is 16.8 Å². The zero-order chi connectivity index (χ0) is 16.7. The van der Waals surface area contributed by atoms with E-state index in [0.29, 0.717) is 38.5 Å². The molecule has 23 heavy (non-hydrogen) atoms. The molecule has 0 spiro atoms. The number of ether oxygens (including phenoxy) is 1. The van der Waals surface area contributed by atoms with Crippen LogP contribution in [-0.4, -0.2) is 69.7 Å². The zero-order valence-corrected chi connectivity index (χ0v) is 14.2. The molecule has 0 radical (unpaired) electrons. The molecule has 128 valence electrons. The maximum Gasteiger partial charge on any atom is 0.289 e. The number of hydrogen-bond donors (Lipinski definition) is 0. The molecule has 1 aromatic rings. The van der Waals surface area contributed by atoms with Crippen LogP contribution >= 0.6 is 0 Å². The Hall–Kier alpha value is -1.38. The fourth-order valence-electron chi connectivity index (χ4n) is 3.75. The SMILES string of the molecule is COC[C@@]12CCN(C(=O)c3ccco3)C[C@@H]1CN(S(C)(=O)=O)C2. The predicted octanol–water partition coefficient (Wildman–Crippen LogP) is 0.650. The molecule has 1 amide bonds. The Morgan fingerprint density at radius 1 is 1.48 bits per heavy atom. The lowest BCUT2D eigenvalue weighted by Gasteiger charge is -2.42. The minimum atomic E-state index is -3.24. The number of amides is 1. The van der Waals surface area contributed by atoms with Crippen molar-refractivity contribution in [2.24, 2.45) is 11.3 Å². The van der Waals surface area contributed by atoms with Crippen molar-refractivity contribution in [1.82, 2.24) is 9.21 Å². The molecule has 0 saturated carbocycles. The number of hydrogen-bond acceptors (Lipinski definition) is 5. The lowest BCUT2D eigenvalue weighted by molar-refractivity contribution is 0.00242. The second-order valence-corrected chi connectivity index (χ2v) is 8.51. The van der Waals surface area contributed by atoms with E-state index in [-0.39, 0.29) is 17.2 Å². The van der Waals surface area contributed by atoms with Gasteiger partial charge in [0.15, 0.2) is 5.76 Å². The summed E-state index contributed by atoms with van der Waals surface area (Å²) in [4.78, 5) is 14.2. The van der Waals surface area contributed by atoms with Crippen molar-refractivity contribution in [3.05, 3.63) is 24.2 Å². The first-order chi connectivity index (χ1) is 10.9. The molecule has 0 aliphatic carbocycles. The maximum atomic E-state index is 12.5. The molecule has 7 nitrogen and oxygen atoms in total. The van der Waals surface area contributed by atoms with Crippen molar-refractivity contribution in [2.45, 2.75) is 6.42 Å². The van der Waals surface area contributed by atoms with Gasteiger partial charge in [-0.15, -0.1) is 0 Å². The van der Waals surface area contributed by atoms with E-state index >= 15 is 0 Å². The van der Waals surface area contributed by atoms with Crippen LogP contribution in [0.25, 0.3) is 0 Å². The molecule has 0 unspecified atom stereocenters. The summed E-state index contributed by atoms with van der Waals surface area (Å²) in [6.45, 7) is 2.51. The van der Waals surface area contributed by atoms with Gasteiger partial charge in [0.05, 0.1) is 19.1 Å². The quantitative estimate of drug-likeness (QED) is 0.803. The summed E-state index contributed by atoms with van der Waals surface area (Å²) in [5.41, 5.74) is -0.211. The number of rotatable bonds is 4. The number of sulfonamides is 1. The van der Waals surface area contributed by atoms with Crippen LogP contribution in [0.1, 0.15) is 17.0 Å². The van der Waals surface area contributed by atoms with Gasteiger partial charge in [0.25, 0.3) is 5.91 Å². The summed E-state index contributed by atoms with van der Waals surface area (Å²) >= 11 is 0. The summed E-state index contributed by atoms with van der Waals surface area (Å²) < 4.78 is 35.9. The van der Waals surface area contributed by atoms with Gasteiger partial charge >= 0.3 is 0 Å². The number of methoxy groups -OCH3 is 1. The number of furan rings is 1. The Balaban J connectivity index is 1.79. The number of likely N-dealkylation sites (tertiary alicyclic amines) is 1. The number of carbonyl (C=O) groups is 1. The van der Waals surface area contributed by atoms with Crippen molar-refractivity contribution < 1.29 is 22.4 Å². The second-order valence-electron chi connectivity index (χ2n) is 6.53. The van der Waals surface area contributed by atoms with Gasteiger partial charge in [-0.2, -0.15) is 0 Å². The summed E-state index contributed by atoms with van der Waals surface area (Å²) in [7, 11) is -1.61. The van der Waals surface area contributed by atoms with Gasteiger partial charge in [-0.3, -0.25) is 4.79 Å². The van der Waals surface area contributed by atoms with Gasteiger partial charge in [0, 0.05) is 38.7 Å². The summed E-state index contributed by atoms with van der Waals surface area (Å²) in [5, 5.41) is 0. The summed E-state index contributed by atoms with van der Waals surface area (Å²) in [6, 6.07) is 3.34. The van der Waals surface area contributed by atoms with Crippen molar-refractivity contribution in [3.63, 3.8) is 0 Å². The third-order valence-corrected chi connectivity index (χ3v) is 6.24. The highest BCUT2D eigenvalue weighted by molar-refractivity contribution is 7.88. The number of fused-ring (bicyclic) bond motifs is 1. The molecule has 0 N–H and O–H groups in total. The van der Waals surface area contributed by atoms with E-state index in [2.05, 4.69) is 0 Å². The van der Waals surface area contributed by atoms with E-state index in [4.69, 9.17) is 9.15 Å². The van der Waals surface area contributed by atoms with Crippen molar-refractivity contribution in [3.8, 4) is 0 Å². The Morgan fingerprint density at radius 3 is 2.87 bits per heavy atom. The molecule has 0 aromatic carbocycles. The summed E-state index contributed by atoms with van der Waals surface area (Å²) in [5.74, 6) is 0.255. The molecule has 2 fully saturated rings. The number of carbonyl (C=O) groups excluding carboxylic acids is 1. The topological polar surface area (TPSA) is 80.1 Å². The Kier molecular flexibility index (Phi) is 4.24. The normalized spacial score (nSPS) is 28.8. The standard InChI is InChI=1S/C15H22N2O5S/c1-21-11-15-5-6-16(14(18)13-4-3-7-22-13)8-12(15)9-17(10-15)23(2,19)20/h3-4,7,12H,5-6,8-11H2,1-2H3/t12-,15+/m1/s1. The van der Waals surface area contributed by atoms with E-state index < -0.39 is 10.0 Å². The van der Waals surface area contributed by atoms with Crippen LogP contribution < -0.4 is 0 Å². The van der Waals surface area contributed by atoms with Crippen molar-refractivity contribution in [2.75, 3.05) is 46.2 Å². The minimum absolute atomic E-state index is 0.0739. The number of piperidine rings is 1. The third kappa shape index (κ3) is 3.02. The second kappa shape index (κ2) is 5.92. The van der Waals surface area contributed by atoms with Crippen LogP contribution in [0.4, 0.5) is 0 Å². The first kappa shape index (κ1) is 16.5. The van der Waals surface area contributed by atoms with Crippen molar-refractivity contribution in [1.29, 1.82) is 0 Å². The Bertz CT molecular complexity index is 672. The maximum absolute atomic E-state index is 12.5. The van der Waals surface area contributed by atoms with Crippen LogP contribution in [-0.2, 0) is 14.8 Å². The Morgan fingerprint density at radius 2 is 2.26 bits per heavy atom. The van der Waals surface area contributed by atoms with Gasteiger partial charge < -0.3 is 14.1 Å². The molecule has 2 aliphatic rings. The van der Waals surface area contributed by atoms with Crippen LogP contribution in [0, 0.1) is 11.3 Å². The zero-order valence-electron chi connectivity index (χ0n) is 13.4. The highest BCUT2D eigenvalue weighted by atomic mass is 32.2. The highest BCUT2D eigenvalue weighted by Crippen LogP contribution is 2.44. The van der Waals surface area contributed by atoms with E-state index in [1.807, 2.05) is 0 Å². The first-order valence-electron chi connectivity index (χ1n) is 7.62. The Labute approximate surface area is 136 Å². The minimum Gasteiger partial charge on any atom is -0.459 e. The van der Waals surface area contributed by atoms with Gasteiger partial charge in [-0.1, -0.05) is 0 Å². The molecule has 2 atom stereocenters. The summed E-state index contributed by atoms with van der Waals surface area (Å²) in [6.07, 6.45) is 3.44. The number of nitrogens with zero attached hydrogens (tertiary/aromatic N) is 2. The van der Waals surface area contributed by atoms with Crippen LogP contribution in [0.3, 0.4) is 0 Å². The molecule has 8 heteroatoms. The van der Waals surface area contributed by atoms with Crippen LogP contribution in [0.2, 0.25) is 0 Å². The van der Waals surface area contributed by atoms with Crippen LogP contribution in [0.15, 0.2) is 22.8 Å². The largest absolute Gasteiger partial charge is 0.459 e. The van der Waals surface area contributed by atoms with Gasteiger partial charge in [-0.05, 0) is 24.5 Å². The monoisotopic (exact) mass is 342 g/mol. The molecular formula is C15H22N2O5S. The van der Waals surface area contributed by atoms with E-state index in [1.54, 1.807) is 24.1 Å². The predicted molar refractivity (Wildman–Crippen MR) is 83.4 cm³/mol. The molecular weight excluding hydrogens is 320 g/mol.